The van der Waals surface area contributed by atoms with E-state index in [1.54, 1.807) is 6.07 Å². The molecule has 1 aromatic carbocycles. The fourth-order valence-electron chi connectivity index (χ4n) is 2.01. The minimum Gasteiger partial charge on any atom is -0.305 e. The molecule has 1 atom stereocenters. The molecule has 0 saturated carbocycles. The average Bonchev–Trinajstić information content (AvgIpc) is 2.89. The van der Waals surface area contributed by atoms with Gasteiger partial charge in [0.1, 0.15) is 5.01 Å². The van der Waals surface area contributed by atoms with E-state index in [1.165, 1.54) is 17.4 Å². The van der Waals surface area contributed by atoms with E-state index in [4.69, 9.17) is 0 Å². The molecule has 0 radical (unpaired) electrons. The molecule has 2 rings (SSSR count). The summed E-state index contributed by atoms with van der Waals surface area (Å²) >= 11 is 1.54. The van der Waals surface area contributed by atoms with E-state index in [9.17, 15) is 8.78 Å². The van der Waals surface area contributed by atoms with Gasteiger partial charge < -0.3 is 5.32 Å². The van der Waals surface area contributed by atoms with Crippen molar-refractivity contribution in [2.75, 3.05) is 6.54 Å². The molecule has 1 unspecified atom stereocenters. The molecule has 5 heteroatoms. The zero-order valence-electron chi connectivity index (χ0n) is 12.7. The Labute approximate surface area is 128 Å². The number of nitrogens with one attached hydrogen (secondary N) is 1. The van der Waals surface area contributed by atoms with Crippen molar-refractivity contribution in [2.45, 2.75) is 39.2 Å². The summed E-state index contributed by atoms with van der Waals surface area (Å²) in [6, 6.07) is 3.78. The van der Waals surface area contributed by atoms with Crippen LogP contribution >= 0.6 is 11.3 Å². The summed E-state index contributed by atoms with van der Waals surface area (Å²) in [7, 11) is 0. The Hall–Kier alpha value is -1.33. The predicted octanol–water partition coefficient (Wildman–Crippen LogP) is 4.42. The first-order valence-corrected chi connectivity index (χ1v) is 7.85. The van der Waals surface area contributed by atoms with Crippen molar-refractivity contribution in [3.63, 3.8) is 0 Å². The third-order valence-corrected chi connectivity index (χ3v) is 4.13. The summed E-state index contributed by atoms with van der Waals surface area (Å²) in [6.07, 6.45) is 0. The van der Waals surface area contributed by atoms with Crippen molar-refractivity contribution in [2.24, 2.45) is 0 Å². The number of hydrogen-bond acceptors (Lipinski definition) is 3. The van der Waals surface area contributed by atoms with Crippen LogP contribution in [0.15, 0.2) is 23.6 Å². The molecule has 2 aromatic rings. The lowest BCUT2D eigenvalue weighted by Crippen LogP contribution is -2.22. The van der Waals surface area contributed by atoms with Gasteiger partial charge in [-0.1, -0.05) is 33.8 Å². The molecule has 0 saturated heterocycles. The summed E-state index contributed by atoms with van der Waals surface area (Å²) in [4.78, 5) is 4.67. The van der Waals surface area contributed by atoms with E-state index in [-0.39, 0.29) is 11.5 Å². The van der Waals surface area contributed by atoms with E-state index >= 15 is 0 Å². The first-order chi connectivity index (χ1) is 9.82. The third-order valence-electron chi connectivity index (χ3n) is 3.22. The Bertz CT molecular complexity index is 617. The van der Waals surface area contributed by atoms with Gasteiger partial charge in [0.15, 0.2) is 11.6 Å². The average molecular weight is 310 g/mol. The Kier molecular flexibility index (Phi) is 4.74. The zero-order chi connectivity index (χ0) is 15.6. The molecule has 114 valence electrons. The predicted molar refractivity (Wildman–Crippen MR) is 82.7 cm³/mol. The van der Waals surface area contributed by atoms with Gasteiger partial charge >= 0.3 is 0 Å². The highest BCUT2D eigenvalue weighted by Gasteiger charge is 2.22. The molecule has 0 bridgehead atoms. The maximum atomic E-state index is 13.5. The molecule has 0 aliphatic heterocycles. The van der Waals surface area contributed by atoms with Crippen LogP contribution in [0.4, 0.5) is 8.78 Å². The zero-order valence-corrected chi connectivity index (χ0v) is 13.5. The van der Waals surface area contributed by atoms with Gasteiger partial charge in [-0.25, -0.2) is 13.8 Å². The second-order valence-corrected chi connectivity index (χ2v) is 6.87. The highest BCUT2D eigenvalue weighted by Crippen LogP contribution is 2.30. The van der Waals surface area contributed by atoms with Crippen LogP contribution < -0.4 is 5.32 Å². The number of halogens is 2. The second-order valence-electron chi connectivity index (χ2n) is 5.99. The third kappa shape index (κ3) is 3.66. The van der Waals surface area contributed by atoms with E-state index in [0.29, 0.717) is 12.1 Å². The Morgan fingerprint density at radius 2 is 1.95 bits per heavy atom. The summed E-state index contributed by atoms with van der Waals surface area (Å²) in [5.41, 5.74) is 1.66. The largest absolute Gasteiger partial charge is 0.305 e. The lowest BCUT2D eigenvalue weighted by atomic mass is 9.93. The Morgan fingerprint density at radius 1 is 1.24 bits per heavy atom. The SMILES string of the molecule is CCNC(c1ccc(F)c(F)c1)c1nc(C(C)(C)C)cs1. The van der Waals surface area contributed by atoms with Gasteiger partial charge in [-0.2, -0.15) is 0 Å². The normalized spacial score (nSPS) is 13.4. The van der Waals surface area contributed by atoms with E-state index < -0.39 is 11.6 Å². The standard InChI is InChI=1S/C16H20F2N2S/c1-5-19-14(10-6-7-11(17)12(18)8-10)15-20-13(9-21-15)16(2,3)4/h6-9,14,19H,5H2,1-4H3. The van der Waals surface area contributed by atoms with Gasteiger partial charge in [0.2, 0.25) is 0 Å². The molecular weight excluding hydrogens is 290 g/mol. The van der Waals surface area contributed by atoms with Crippen LogP contribution in [0, 0.1) is 11.6 Å². The van der Waals surface area contributed by atoms with Crippen molar-refractivity contribution in [1.29, 1.82) is 0 Å². The van der Waals surface area contributed by atoms with Gasteiger partial charge in [0, 0.05) is 10.8 Å². The van der Waals surface area contributed by atoms with Crippen LogP contribution in [-0.2, 0) is 5.41 Å². The Morgan fingerprint density at radius 3 is 2.48 bits per heavy atom. The lowest BCUT2D eigenvalue weighted by molar-refractivity contribution is 0.503. The Balaban J connectivity index is 2.38. The van der Waals surface area contributed by atoms with Crippen molar-refractivity contribution in [1.82, 2.24) is 10.3 Å². The van der Waals surface area contributed by atoms with Crippen LogP contribution in [0.25, 0.3) is 0 Å². The number of nitrogens with zero attached hydrogens (tertiary/aromatic N) is 1. The fourth-order valence-corrected chi connectivity index (χ4v) is 3.15. The second kappa shape index (κ2) is 6.20. The fraction of sp³-hybridized carbons (Fsp3) is 0.438. The summed E-state index contributed by atoms with van der Waals surface area (Å²) in [5.74, 6) is -1.66. The number of hydrogen-bond donors (Lipinski definition) is 1. The van der Waals surface area contributed by atoms with Crippen molar-refractivity contribution in [3.05, 3.63) is 51.5 Å². The van der Waals surface area contributed by atoms with E-state index in [0.717, 1.165) is 16.8 Å². The lowest BCUT2D eigenvalue weighted by Gasteiger charge is -2.17. The number of benzene rings is 1. The van der Waals surface area contributed by atoms with E-state index in [1.807, 2.05) is 12.3 Å². The molecular formula is C16H20F2N2S. The van der Waals surface area contributed by atoms with Crippen LogP contribution in [0.3, 0.4) is 0 Å². The quantitative estimate of drug-likeness (QED) is 0.904. The number of rotatable bonds is 4. The van der Waals surface area contributed by atoms with Gasteiger partial charge in [-0.3, -0.25) is 0 Å². The van der Waals surface area contributed by atoms with Crippen LogP contribution in [0.2, 0.25) is 0 Å². The van der Waals surface area contributed by atoms with Gasteiger partial charge in [-0.05, 0) is 24.2 Å². The first-order valence-electron chi connectivity index (χ1n) is 6.97. The molecule has 0 amide bonds. The smallest absolute Gasteiger partial charge is 0.159 e. The maximum Gasteiger partial charge on any atom is 0.159 e. The monoisotopic (exact) mass is 310 g/mol. The van der Waals surface area contributed by atoms with E-state index in [2.05, 4.69) is 31.1 Å². The molecule has 21 heavy (non-hydrogen) atoms. The van der Waals surface area contributed by atoms with Crippen LogP contribution in [0.5, 0.6) is 0 Å². The summed E-state index contributed by atoms with van der Waals surface area (Å²) < 4.78 is 26.6. The maximum absolute atomic E-state index is 13.5. The van der Waals surface area contributed by atoms with Crippen molar-refractivity contribution in [3.8, 4) is 0 Å². The molecule has 0 aliphatic rings. The molecule has 0 spiro atoms. The minimum absolute atomic E-state index is 0.0282. The molecule has 1 N–H and O–H groups in total. The van der Waals surface area contributed by atoms with Crippen LogP contribution in [0.1, 0.15) is 50.0 Å². The van der Waals surface area contributed by atoms with Gasteiger partial charge in [0.25, 0.3) is 0 Å². The highest BCUT2D eigenvalue weighted by molar-refractivity contribution is 7.09. The minimum atomic E-state index is -0.831. The topological polar surface area (TPSA) is 24.9 Å². The molecule has 2 nitrogen and oxygen atoms in total. The van der Waals surface area contributed by atoms with Gasteiger partial charge in [0.05, 0.1) is 11.7 Å². The summed E-state index contributed by atoms with van der Waals surface area (Å²) in [6.45, 7) is 9.00. The molecule has 0 fully saturated rings. The molecule has 0 aliphatic carbocycles. The summed E-state index contributed by atoms with van der Waals surface area (Å²) in [5, 5.41) is 6.18. The van der Waals surface area contributed by atoms with Crippen molar-refractivity contribution < 1.29 is 8.78 Å². The number of thiazole rings is 1. The first kappa shape index (κ1) is 16.0. The van der Waals surface area contributed by atoms with Crippen molar-refractivity contribution >= 4 is 11.3 Å². The van der Waals surface area contributed by atoms with Crippen LogP contribution in [-0.4, -0.2) is 11.5 Å². The van der Waals surface area contributed by atoms with Gasteiger partial charge in [-0.15, -0.1) is 11.3 Å². The molecule has 1 aromatic heterocycles. The number of aromatic nitrogens is 1. The highest BCUT2D eigenvalue weighted by atomic mass is 32.1. The molecule has 1 heterocycles.